The third-order valence-electron chi connectivity index (χ3n) is 12.7. The minimum Gasteiger partial charge on any atom is -0.456 e. The van der Waals surface area contributed by atoms with E-state index in [0.29, 0.717) is 0 Å². The molecule has 12 aromatic rings. The minimum absolute atomic E-state index is 0.0711. The van der Waals surface area contributed by atoms with E-state index in [1.807, 2.05) is 24.3 Å². The van der Waals surface area contributed by atoms with Crippen molar-refractivity contribution >= 4 is 87.4 Å². The van der Waals surface area contributed by atoms with Crippen LogP contribution in [0.3, 0.4) is 0 Å². The first-order chi connectivity index (χ1) is 27.5. The second-order valence-corrected chi connectivity index (χ2v) is 15.9. The number of furan rings is 3. The summed E-state index contributed by atoms with van der Waals surface area (Å²) in [5.41, 5.74) is 15.3. The third kappa shape index (κ3) is 3.82. The van der Waals surface area contributed by atoms with Gasteiger partial charge in [-0.05, 0) is 115 Å². The lowest BCUT2D eigenvalue weighted by molar-refractivity contribution is 0.656. The van der Waals surface area contributed by atoms with Crippen LogP contribution in [-0.2, 0) is 5.41 Å². The highest BCUT2D eigenvalue weighted by Crippen LogP contribution is 2.53. The molecule has 0 saturated carbocycles. The van der Waals surface area contributed by atoms with Gasteiger partial charge in [-0.1, -0.05) is 123 Å². The van der Waals surface area contributed by atoms with Gasteiger partial charge >= 0.3 is 0 Å². The van der Waals surface area contributed by atoms with Crippen molar-refractivity contribution in [2.75, 3.05) is 0 Å². The van der Waals surface area contributed by atoms with E-state index in [0.717, 1.165) is 71.6 Å². The Bertz CT molecular complexity index is 3620. The number of fused-ring (bicyclic) bond motifs is 16. The molecule has 0 saturated heterocycles. The second kappa shape index (κ2) is 10.6. The van der Waals surface area contributed by atoms with E-state index in [1.54, 1.807) is 0 Å². The molecule has 262 valence electrons. The third-order valence-corrected chi connectivity index (χ3v) is 12.7. The average molecular weight is 717 g/mol. The summed E-state index contributed by atoms with van der Waals surface area (Å²) >= 11 is 0. The average Bonchev–Trinajstić information content (AvgIpc) is 3.97. The van der Waals surface area contributed by atoms with Gasteiger partial charge in [0.15, 0.2) is 0 Å². The molecule has 0 bridgehead atoms. The molecule has 0 amide bonds. The highest BCUT2D eigenvalue weighted by atomic mass is 16.3. The molecule has 0 spiro atoms. The maximum atomic E-state index is 6.74. The van der Waals surface area contributed by atoms with Crippen molar-refractivity contribution in [2.45, 2.75) is 19.3 Å². The topological polar surface area (TPSA) is 39.4 Å². The van der Waals surface area contributed by atoms with Gasteiger partial charge in [-0.15, -0.1) is 0 Å². The van der Waals surface area contributed by atoms with Crippen LogP contribution in [0, 0.1) is 0 Å². The summed E-state index contributed by atoms with van der Waals surface area (Å²) in [5, 5.41) is 11.5. The first-order valence-electron chi connectivity index (χ1n) is 19.3. The standard InChI is InChI=1S/C53H32O3/c1-53(2)39-17-9-7-15-35(39)49-40(53)22-24-43-50(49)37-21-19-30(28-46(37)56-43)48-33-13-5-3-11-31(33)47(32-12-4-6-14-34(32)48)29-20-23-42-38(27-29)52-45(55-42)26-25-44-51(52)36-16-8-10-18-41(36)54-44/h3-28H,1-2H3. The van der Waals surface area contributed by atoms with Crippen LogP contribution in [0.1, 0.15) is 25.0 Å². The largest absolute Gasteiger partial charge is 0.456 e. The Labute approximate surface area is 321 Å². The number of hydrogen-bond acceptors (Lipinski definition) is 3. The smallest absolute Gasteiger partial charge is 0.136 e. The van der Waals surface area contributed by atoms with Gasteiger partial charge in [-0.3, -0.25) is 0 Å². The Balaban J connectivity index is 1.06. The van der Waals surface area contributed by atoms with Crippen LogP contribution in [0.4, 0.5) is 0 Å². The van der Waals surface area contributed by atoms with E-state index in [1.165, 1.54) is 60.3 Å². The zero-order valence-electron chi connectivity index (χ0n) is 30.7. The van der Waals surface area contributed by atoms with Gasteiger partial charge in [0.05, 0.1) is 0 Å². The van der Waals surface area contributed by atoms with Crippen LogP contribution in [0.15, 0.2) is 171 Å². The summed E-state index contributed by atoms with van der Waals surface area (Å²) in [5.74, 6) is 0. The molecule has 1 aliphatic carbocycles. The zero-order valence-corrected chi connectivity index (χ0v) is 30.7. The number of hydrogen-bond donors (Lipinski definition) is 0. The van der Waals surface area contributed by atoms with E-state index < -0.39 is 0 Å². The quantitative estimate of drug-likeness (QED) is 0.167. The minimum atomic E-state index is -0.0711. The molecule has 0 radical (unpaired) electrons. The summed E-state index contributed by atoms with van der Waals surface area (Å²) in [6.07, 6.45) is 0. The maximum absolute atomic E-state index is 6.74. The van der Waals surface area contributed by atoms with Crippen LogP contribution in [0.5, 0.6) is 0 Å². The van der Waals surface area contributed by atoms with Gasteiger partial charge in [0.1, 0.15) is 33.5 Å². The molecule has 1 aliphatic rings. The molecule has 3 nitrogen and oxygen atoms in total. The van der Waals surface area contributed by atoms with Crippen molar-refractivity contribution in [3.05, 3.63) is 169 Å². The van der Waals surface area contributed by atoms with Gasteiger partial charge in [0.2, 0.25) is 0 Å². The number of rotatable bonds is 2. The van der Waals surface area contributed by atoms with Gasteiger partial charge in [-0.25, -0.2) is 0 Å². The molecule has 0 aliphatic heterocycles. The summed E-state index contributed by atoms with van der Waals surface area (Å²) in [6.45, 7) is 4.67. The van der Waals surface area contributed by atoms with Crippen molar-refractivity contribution in [3.8, 4) is 33.4 Å². The lowest BCUT2D eigenvalue weighted by atomic mass is 9.82. The fraction of sp³-hybridized carbons (Fsp3) is 0.0566. The Morgan fingerprint density at radius 3 is 1.52 bits per heavy atom. The molecule has 3 heteroatoms. The van der Waals surface area contributed by atoms with E-state index in [9.17, 15) is 0 Å². The van der Waals surface area contributed by atoms with Crippen LogP contribution in [0.2, 0.25) is 0 Å². The van der Waals surface area contributed by atoms with Gasteiger partial charge < -0.3 is 13.3 Å². The first kappa shape index (κ1) is 30.3. The molecular formula is C53H32O3. The summed E-state index contributed by atoms with van der Waals surface area (Å²) < 4.78 is 19.5. The predicted octanol–water partition coefficient (Wildman–Crippen LogP) is 15.3. The molecule has 9 aromatic carbocycles. The van der Waals surface area contributed by atoms with Gasteiger partial charge in [0.25, 0.3) is 0 Å². The fourth-order valence-corrected chi connectivity index (χ4v) is 10.2. The van der Waals surface area contributed by atoms with Crippen molar-refractivity contribution in [2.24, 2.45) is 0 Å². The molecule has 0 atom stereocenters. The van der Waals surface area contributed by atoms with Crippen molar-refractivity contribution in [3.63, 3.8) is 0 Å². The van der Waals surface area contributed by atoms with Crippen LogP contribution >= 0.6 is 0 Å². The van der Waals surface area contributed by atoms with E-state index in [4.69, 9.17) is 13.3 Å². The summed E-state index contributed by atoms with van der Waals surface area (Å²) in [4.78, 5) is 0. The fourth-order valence-electron chi connectivity index (χ4n) is 10.2. The second-order valence-electron chi connectivity index (χ2n) is 15.9. The van der Waals surface area contributed by atoms with Crippen molar-refractivity contribution in [1.29, 1.82) is 0 Å². The summed E-state index contributed by atoms with van der Waals surface area (Å²) in [6, 6.07) is 56.8. The molecule has 3 heterocycles. The lowest BCUT2D eigenvalue weighted by Crippen LogP contribution is -2.14. The lowest BCUT2D eigenvalue weighted by Gasteiger charge is -2.21. The molecule has 13 rings (SSSR count). The normalized spacial score (nSPS) is 13.7. The van der Waals surface area contributed by atoms with Crippen LogP contribution in [-0.4, -0.2) is 0 Å². The first-order valence-corrected chi connectivity index (χ1v) is 19.3. The Hall–Kier alpha value is -7.10. The SMILES string of the molecule is CC1(C)c2ccccc2-c2c1ccc1oc3cc(-c4c5ccccc5c(-c5ccc6oc7ccc8oc9ccccc9c8c7c6c5)c5ccccc45)ccc3c21. The molecule has 0 unspecified atom stereocenters. The molecule has 0 fully saturated rings. The van der Waals surface area contributed by atoms with Crippen molar-refractivity contribution in [1.82, 2.24) is 0 Å². The van der Waals surface area contributed by atoms with E-state index in [2.05, 4.69) is 147 Å². The Morgan fingerprint density at radius 2 is 0.804 bits per heavy atom. The van der Waals surface area contributed by atoms with Crippen LogP contribution in [0.25, 0.3) is 121 Å². The monoisotopic (exact) mass is 716 g/mol. The predicted molar refractivity (Wildman–Crippen MR) is 232 cm³/mol. The van der Waals surface area contributed by atoms with Gasteiger partial charge in [0, 0.05) is 37.7 Å². The van der Waals surface area contributed by atoms with E-state index >= 15 is 0 Å². The Kier molecular flexibility index (Phi) is 5.70. The maximum Gasteiger partial charge on any atom is 0.136 e. The zero-order chi connectivity index (χ0) is 36.9. The number of benzene rings is 9. The van der Waals surface area contributed by atoms with E-state index in [-0.39, 0.29) is 5.41 Å². The van der Waals surface area contributed by atoms with Gasteiger partial charge in [-0.2, -0.15) is 0 Å². The molecule has 0 N–H and O–H groups in total. The highest BCUT2D eigenvalue weighted by molar-refractivity contribution is 6.27. The van der Waals surface area contributed by atoms with Crippen LogP contribution < -0.4 is 0 Å². The Morgan fingerprint density at radius 1 is 0.321 bits per heavy atom. The number of para-hydroxylation sites is 1. The molecule has 56 heavy (non-hydrogen) atoms. The molecule has 3 aromatic heterocycles. The molecular weight excluding hydrogens is 685 g/mol. The highest BCUT2D eigenvalue weighted by Gasteiger charge is 2.37. The summed E-state index contributed by atoms with van der Waals surface area (Å²) in [7, 11) is 0. The van der Waals surface area contributed by atoms with Crippen molar-refractivity contribution < 1.29 is 13.3 Å².